The Labute approximate surface area is 204 Å². The summed E-state index contributed by atoms with van der Waals surface area (Å²) in [6, 6.07) is 13.8. The van der Waals surface area contributed by atoms with Gasteiger partial charge in [-0.05, 0) is 48.9 Å². The van der Waals surface area contributed by atoms with Crippen LogP contribution in [0.1, 0.15) is 17.3 Å². The third kappa shape index (κ3) is 3.79. The number of aromatic amines is 1. The second kappa shape index (κ2) is 8.49. The minimum atomic E-state index is -3.69. The fourth-order valence-electron chi connectivity index (χ4n) is 4.50. The van der Waals surface area contributed by atoms with E-state index >= 15 is 0 Å². The number of nitrogens with zero attached hydrogens (tertiary/aromatic N) is 1. The minimum absolute atomic E-state index is 0.136. The fraction of sp³-hybridized carbons (Fsp3) is 0.154. The van der Waals surface area contributed by atoms with Gasteiger partial charge in [0.15, 0.2) is 0 Å². The molecule has 36 heavy (non-hydrogen) atoms. The zero-order valence-corrected chi connectivity index (χ0v) is 20.4. The summed E-state index contributed by atoms with van der Waals surface area (Å²) in [5.41, 5.74) is 1.98. The Balaban J connectivity index is 1.90. The molecule has 2 aromatic heterocycles. The molecule has 0 unspecified atom stereocenters. The van der Waals surface area contributed by atoms with Crippen LogP contribution in [0.2, 0.25) is 0 Å². The van der Waals surface area contributed by atoms with E-state index in [0.29, 0.717) is 27.6 Å². The summed E-state index contributed by atoms with van der Waals surface area (Å²) in [5.74, 6) is -1.05. The molecule has 5 aromatic rings. The number of hydrogen-bond acceptors (Lipinski definition) is 6. The standard InChI is InChI=1S/C26H21FN2O6S/c1-4-29(36(3,32)33)21-13-22-19(12-18(21)14-6-5-7-15(10-14)26(31)34-2)23-24(35-22)17-9-8-16(27)11-20(17)28-25(23)30/h5-13H,4H2,1-3H3,(H,28,30). The number of H-pyrrole nitrogens is 1. The van der Waals surface area contributed by atoms with Crippen molar-refractivity contribution in [2.24, 2.45) is 0 Å². The second-order valence-corrected chi connectivity index (χ2v) is 10.2. The fourth-order valence-corrected chi connectivity index (χ4v) is 5.48. The number of halogens is 1. The summed E-state index contributed by atoms with van der Waals surface area (Å²) in [5, 5.41) is 1.21. The van der Waals surface area contributed by atoms with Gasteiger partial charge < -0.3 is 14.1 Å². The molecule has 2 heterocycles. The van der Waals surface area contributed by atoms with Crippen LogP contribution in [0.5, 0.6) is 0 Å². The van der Waals surface area contributed by atoms with Gasteiger partial charge in [-0.15, -0.1) is 0 Å². The third-order valence-electron chi connectivity index (χ3n) is 6.06. The number of carbonyl (C=O) groups is 1. The van der Waals surface area contributed by atoms with E-state index in [4.69, 9.17) is 9.15 Å². The first-order chi connectivity index (χ1) is 17.1. The van der Waals surface area contributed by atoms with Gasteiger partial charge in [0.2, 0.25) is 10.0 Å². The van der Waals surface area contributed by atoms with Crippen molar-refractivity contribution < 1.29 is 26.8 Å². The van der Waals surface area contributed by atoms with Gasteiger partial charge in [0.1, 0.15) is 17.0 Å². The van der Waals surface area contributed by atoms with E-state index in [-0.39, 0.29) is 34.2 Å². The van der Waals surface area contributed by atoms with Gasteiger partial charge in [0.25, 0.3) is 5.56 Å². The number of hydrogen-bond donors (Lipinski definition) is 1. The monoisotopic (exact) mass is 508 g/mol. The number of aromatic nitrogens is 1. The number of pyridine rings is 1. The normalized spacial score (nSPS) is 11.9. The number of furan rings is 1. The summed E-state index contributed by atoms with van der Waals surface area (Å²) in [6.07, 6.45) is 1.10. The van der Waals surface area contributed by atoms with Gasteiger partial charge in [0.05, 0.1) is 35.5 Å². The molecule has 0 aliphatic heterocycles. The first-order valence-corrected chi connectivity index (χ1v) is 12.9. The average Bonchev–Trinajstić information content (AvgIpc) is 3.21. The lowest BCUT2D eigenvalue weighted by molar-refractivity contribution is 0.0600. The number of ether oxygens (including phenoxy) is 1. The van der Waals surface area contributed by atoms with Gasteiger partial charge in [-0.1, -0.05) is 12.1 Å². The number of nitrogens with one attached hydrogen (secondary N) is 1. The first kappa shape index (κ1) is 23.6. The SMILES string of the molecule is CCN(c1cc2oc3c4ccc(F)cc4[nH]c(=O)c3c2cc1-c1cccc(C(=O)OC)c1)S(C)(=O)=O. The van der Waals surface area contributed by atoms with E-state index in [0.717, 1.165) is 6.26 Å². The Hall–Kier alpha value is -4.18. The Morgan fingerprint density at radius 2 is 1.89 bits per heavy atom. The Bertz CT molecular complexity index is 1860. The molecule has 0 aliphatic rings. The van der Waals surface area contributed by atoms with Crippen molar-refractivity contribution in [2.75, 3.05) is 24.2 Å². The smallest absolute Gasteiger partial charge is 0.337 e. The molecule has 5 rings (SSSR count). The summed E-state index contributed by atoms with van der Waals surface area (Å²) in [4.78, 5) is 27.9. The van der Waals surface area contributed by atoms with Gasteiger partial charge in [-0.25, -0.2) is 17.6 Å². The van der Waals surface area contributed by atoms with Crippen LogP contribution in [0.25, 0.3) is 44.0 Å². The zero-order valence-electron chi connectivity index (χ0n) is 19.6. The van der Waals surface area contributed by atoms with Crippen LogP contribution in [-0.2, 0) is 14.8 Å². The predicted molar refractivity (Wildman–Crippen MR) is 136 cm³/mol. The molecule has 0 atom stereocenters. The molecule has 0 aliphatic carbocycles. The summed E-state index contributed by atoms with van der Waals surface area (Å²) in [6.45, 7) is 1.84. The first-order valence-electron chi connectivity index (χ1n) is 11.0. The average molecular weight is 509 g/mol. The lowest BCUT2D eigenvalue weighted by Gasteiger charge is -2.23. The zero-order chi connectivity index (χ0) is 25.8. The van der Waals surface area contributed by atoms with Crippen LogP contribution >= 0.6 is 0 Å². The highest BCUT2D eigenvalue weighted by molar-refractivity contribution is 7.92. The Morgan fingerprint density at radius 3 is 2.58 bits per heavy atom. The summed E-state index contributed by atoms with van der Waals surface area (Å²) < 4.78 is 51.2. The van der Waals surface area contributed by atoms with E-state index in [1.54, 1.807) is 43.3 Å². The number of sulfonamides is 1. The Morgan fingerprint density at radius 1 is 1.11 bits per heavy atom. The molecule has 0 bridgehead atoms. The van der Waals surface area contributed by atoms with Crippen molar-refractivity contribution in [3.8, 4) is 11.1 Å². The predicted octanol–water partition coefficient (Wildman–Crippen LogP) is 4.81. The lowest BCUT2D eigenvalue weighted by Crippen LogP contribution is -2.29. The van der Waals surface area contributed by atoms with E-state index in [2.05, 4.69) is 4.98 Å². The number of benzene rings is 3. The van der Waals surface area contributed by atoms with Crippen molar-refractivity contribution in [3.63, 3.8) is 0 Å². The molecule has 0 radical (unpaired) electrons. The highest BCUT2D eigenvalue weighted by Gasteiger charge is 2.24. The van der Waals surface area contributed by atoms with Gasteiger partial charge in [-0.3, -0.25) is 9.10 Å². The molecule has 10 heteroatoms. The van der Waals surface area contributed by atoms with Crippen molar-refractivity contribution in [1.29, 1.82) is 0 Å². The number of anilines is 1. The molecule has 0 amide bonds. The molecule has 0 saturated heterocycles. The van der Waals surface area contributed by atoms with Gasteiger partial charge in [0, 0.05) is 28.9 Å². The topological polar surface area (TPSA) is 110 Å². The summed E-state index contributed by atoms with van der Waals surface area (Å²) in [7, 11) is -2.41. The quantitative estimate of drug-likeness (QED) is 0.341. The van der Waals surface area contributed by atoms with Crippen LogP contribution in [0.15, 0.2) is 63.8 Å². The van der Waals surface area contributed by atoms with Crippen molar-refractivity contribution in [3.05, 3.63) is 76.3 Å². The van der Waals surface area contributed by atoms with Gasteiger partial charge in [-0.2, -0.15) is 0 Å². The van der Waals surface area contributed by atoms with E-state index in [1.165, 1.54) is 29.6 Å². The number of esters is 1. The third-order valence-corrected chi connectivity index (χ3v) is 7.31. The molecule has 1 N–H and O–H groups in total. The molecule has 3 aromatic carbocycles. The largest absolute Gasteiger partial charge is 0.465 e. The van der Waals surface area contributed by atoms with Gasteiger partial charge >= 0.3 is 5.97 Å². The molecule has 0 spiro atoms. The number of rotatable bonds is 5. The molecule has 0 saturated carbocycles. The van der Waals surface area contributed by atoms with Crippen molar-refractivity contribution >= 4 is 54.5 Å². The number of carbonyl (C=O) groups excluding carboxylic acids is 1. The van der Waals surface area contributed by atoms with Crippen LogP contribution in [-0.4, -0.2) is 39.3 Å². The van der Waals surface area contributed by atoms with Crippen molar-refractivity contribution in [2.45, 2.75) is 6.92 Å². The summed E-state index contributed by atoms with van der Waals surface area (Å²) >= 11 is 0. The van der Waals surface area contributed by atoms with Crippen LogP contribution < -0.4 is 9.86 Å². The molecule has 0 fully saturated rings. The maximum Gasteiger partial charge on any atom is 0.337 e. The van der Waals surface area contributed by atoms with Crippen LogP contribution in [0, 0.1) is 5.82 Å². The lowest BCUT2D eigenvalue weighted by atomic mass is 9.98. The van der Waals surface area contributed by atoms with Crippen LogP contribution in [0.3, 0.4) is 0 Å². The van der Waals surface area contributed by atoms with Crippen LogP contribution in [0.4, 0.5) is 10.1 Å². The van der Waals surface area contributed by atoms with E-state index in [1.807, 2.05) is 0 Å². The number of fused-ring (bicyclic) bond motifs is 5. The number of methoxy groups -OCH3 is 1. The molecular weight excluding hydrogens is 487 g/mol. The molecular formula is C26H21FN2O6S. The molecule has 8 nitrogen and oxygen atoms in total. The minimum Gasteiger partial charge on any atom is -0.465 e. The molecule has 184 valence electrons. The van der Waals surface area contributed by atoms with Crippen molar-refractivity contribution in [1.82, 2.24) is 4.98 Å². The van der Waals surface area contributed by atoms with E-state index in [9.17, 15) is 22.4 Å². The maximum absolute atomic E-state index is 13.8. The Kier molecular flexibility index (Phi) is 5.55. The second-order valence-electron chi connectivity index (χ2n) is 8.32. The highest BCUT2D eigenvalue weighted by Crippen LogP contribution is 2.40. The maximum atomic E-state index is 13.8. The highest BCUT2D eigenvalue weighted by atomic mass is 32.2. The van der Waals surface area contributed by atoms with E-state index < -0.39 is 27.4 Å².